The van der Waals surface area contributed by atoms with Crippen molar-refractivity contribution in [2.75, 3.05) is 6.61 Å². The molecule has 0 amide bonds. The summed E-state index contributed by atoms with van der Waals surface area (Å²) in [5, 5.41) is 0. The van der Waals surface area contributed by atoms with Crippen molar-refractivity contribution in [3.63, 3.8) is 0 Å². The maximum Gasteiger partial charge on any atom is 0.404 e. The highest BCUT2D eigenvalue weighted by molar-refractivity contribution is 5.75. The number of ether oxygens (including phenoxy) is 2. The van der Waals surface area contributed by atoms with Crippen LogP contribution in [-0.2, 0) is 19.1 Å². The molecular weight excluding hydrogens is 442 g/mol. The molecule has 3 atom stereocenters. The highest BCUT2D eigenvalue weighted by Gasteiger charge is 2.57. The minimum absolute atomic E-state index is 0.0376. The summed E-state index contributed by atoms with van der Waals surface area (Å²) in [6, 6.07) is 4.38. The SMILES string of the molecule is CCC(CCCC(C)C(=O)OC1COC(=O)C1)c1ccc(C(C(F)(F)F)C(F)(F)F)cc1. The normalized spacial score (nSPS) is 19.0. The van der Waals surface area contributed by atoms with E-state index in [4.69, 9.17) is 9.47 Å². The molecule has 0 spiro atoms. The Kier molecular flexibility index (Phi) is 8.59. The zero-order chi connectivity index (χ0) is 24.1. The van der Waals surface area contributed by atoms with Gasteiger partial charge in [0.25, 0.3) is 0 Å². The van der Waals surface area contributed by atoms with Crippen LogP contribution >= 0.6 is 0 Å². The third-order valence-corrected chi connectivity index (χ3v) is 5.59. The number of rotatable bonds is 9. The number of carbonyl (C=O) groups is 2. The van der Waals surface area contributed by atoms with E-state index in [1.54, 1.807) is 6.92 Å². The first kappa shape index (κ1) is 26.0. The second-order valence-corrected chi connectivity index (χ2v) is 8.07. The van der Waals surface area contributed by atoms with Gasteiger partial charge in [-0.2, -0.15) is 26.3 Å². The van der Waals surface area contributed by atoms with Crippen molar-refractivity contribution in [2.45, 2.75) is 76.2 Å². The minimum Gasteiger partial charge on any atom is -0.462 e. The van der Waals surface area contributed by atoms with Gasteiger partial charge in [-0.05, 0) is 36.3 Å². The largest absolute Gasteiger partial charge is 0.462 e. The molecule has 0 aliphatic carbocycles. The fraction of sp³-hybridized carbons (Fsp3) is 0.636. The van der Waals surface area contributed by atoms with Gasteiger partial charge >= 0.3 is 24.3 Å². The number of halogens is 6. The molecular formula is C22H26F6O4. The average molecular weight is 468 g/mol. The molecule has 1 aromatic rings. The molecule has 1 saturated heterocycles. The number of carbonyl (C=O) groups excluding carboxylic acids is 2. The predicted molar refractivity (Wildman–Crippen MR) is 103 cm³/mol. The number of hydrogen-bond donors (Lipinski definition) is 0. The van der Waals surface area contributed by atoms with Crippen LogP contribution in [0, 0.1) is 5.92 Å². The first-order valence-electron chi connectivity index (χ1n) is 10.4. The molecule has 180 valence electrons. The summed E-state index contributed by atoms with van der Waals surface area (Å²) in [6.45, 7) is 3.63. The third kappa shape index (κ3) is 7.13. The first-order chi connectivity index (χ1) is 14.8. The summed E-state index contributed by atoms with van der Waals surface area (Å²) in [6.07, 6.45) is -9.02. The Hall–Kier alpha value is -2.26. The number of alkyl halides is 6. The summed E-state index contributed by atoms with van der Waals surface area (Å²) in [5.41, 5.74) is -0.189. The molecule has 1 aliphatic rings. The smallest absolute Gasteiger partial charge is 0.404 e. The molecule has 1 aromatic carbocycles. The lowest BCUT2D eigenvalue weighted by atomic mass is 9.88. The van der Waals surface area contributed by atoms with Crippen molar-refractivity contribution >= 4 is 11.9 Å². The maximum absolute atomic E-state index is 12.9. The van der Waals surface area contributed by atoms with Crippen LogP contribution < -0.4 is 0 Å². The van der Waals surface area contributed by atoms with Crippen molar-refractivity contribution in [3.8, 4) is 0 Å². The number of cyclic esters (lactones) is 1. The molecule has 0 aromatic heterocycles. The first-order valence-corrected chi connectivity index (χ1v) is 10.4. The van der Waals surface area contributed by atoms with Crippen molar-refractivity contribution in [1.82, 2.24) is 0 Å². The highest BCUT2D eigenvalue weighted by atomic mass is 19.4. The van der Waals surface area contributed by atoms with Crippen LogP contribution in [0.1, 0.15) is 68.9 Å². The second-order valence-electron chi connectivity index (χ2n) is 8.07. The molecule has 1 aliphatic heterocycles. The Morgan fingerprint density at radius 2 is 1.62 bits per heavy atom. The van der Waals surface area contributed by atoms with Crippen molar-refractivity contribution in [3.05, 3.63) is 35.4 Å². The zero-order valence-electron chi connectivity index (χ0n) is 17.8. The Morgan fingerprint density at radius 3 is 2.09 bits per heavy atom. The fourth-order valence-corrected chi connectivity index (χ4v) is 3.76. The molecule has 0 radical (unpaired) electrons. The quantitative estimate of drug-likeness (QED) is 0.327. The van der Waals surface area contributed by atoms with Gasteiger partial charge in [-0.1, -0.05) is 44.5 Å². The van der Waals surface area contributed by atoms with Crippen LogP contribution in [0.25, 0.3) is 0 Å². The van der Waals surface area contributed by atoms with Crippen molar-refractivity contribution in [1.29, 1.82) is 0 Å². The third-order valence-electron chi connectivity index (χ3n) is 5.59. The van der Waals surface area contributed by atoms with Gasteiger partial charge in [0.05, 0.1) is 12.3 Å². The van der Waals surface area contributed by atoms with Crippen LogP contribution in [0.15, 0.2) is 24.3 Å². The molecule has 1 fully saturated rings. The van der Waals surface area contributed by atoms with Gasteiger partial charge in [-0.15, -0.1) is 0 Å². The lowest BCUT2D eigenvalue weighted by Crippen LogP contribution is -2.34. The number of hydrogen-bond acceptors (Lipinski definition) is 4. The van der Waals surface area contributed by atoms with E-state index < -0.39 is 47.8 Å². The van der Waals surface area contributed by atoms with Crippen LogP contribution in [-0.4, -0.2) is 37.0 Å². The summed E-state index contributed by atoms with van der Waals surface area (Å²) < 4.78 is 87.4. The molecule has 10 heteroatoms. The Balaban J connectivity index is 1.92. The highest BCUT2D eigenvalue weighted by Crippen LogP contribution is 2.46. The molecule has 3 unspecified atom stereocenters. The van der Waals surface area contributed by atoms with Crippen LogP contribution in [0.3, 0.4) is 0 Å². The standard InChI is InChI=1S/C22H26F6O4/c1-3-14(6-4-5-13(2)20(30)32-17-11-18(29)31-12-17)15-7-9-16(10-8-15)19(21(23,24)25)22(26,27)28/h7-10,13-14,17,19H,3-6,11-12H2,1-2H3. The summed E-state index contributed by atoms with van der Waals surface area (Å²) in [4.78, 5) is 23.2. The van der Waals surface area contributed by atoms with E-state index >= 15 is 0 Å². The van der Waals surface area contributed by atoms with Gasteiger partial charge in [-0.25, -0.2) is 0 Å². The van der Waals surface area contributed by atoms with Crippen molar-refractivity contribution in [2.24, 2.45) is 5.92 Å². The Labute approximate surface area is 182 Å². The predicted octanol–water partition coefficient (Wildman–Crippen LogP) is 6.05. The van der Waals surface area contributed by atoms with Gasteiger partial charge < -0.3 is 9.47 Å². The second kappa shape index (κ2) is 10.6. The average Bonchev–Trinajstić information content (AvgIpc) is 3.08. The monoisotopic (exact) mass is 468 g/mol. The van der Waals surface area contributed by atoms with E-state index in [2.05, 4.69) is 0 Å². The van der Waals surface area contributed by atoms with E-state index in [0.29, 0.717) is 31.2 Å². The topological polar surface area (TPSA) is 52.6 Å². The molecule has 1 heterocycles. The number of esters is 2. The van der Waals surface area contributed by atoms with E-state index in [1.165, 1.54) is 12.1 Å². The van der Waals surface area contributed by atoms with Crippen LogP contribution in [0.2, 0.25) is 0 Å². The molecule has 0 bridgehead atoms. The van der Waals surface area contributed by atoms with E-state index in [1.807, 2.05) is 6.92 Å². The summed E-state index contributed by atoms with van der Waals surface area (Å²) in [5.74, 6) is -4.84. The molecule has 4 nitrogen and oxygen atoms in total. The molecule has 2 rings (SSSR count). The number of benzene rings is 1. The molecule has 32 heavy (non-hydrogen) atoms. The fourth-order valence-electron chi connectivity index (χ4n) is 3.76. The van der Waals surface area contributed by atoms with Gasteiger partial charge in [-0.3, -0.25) is 9.59 Å². The van der Waals surface area contributed by atoms with E-state index in [-0.39, 0.29) is 18.9 Å². The zero-order valence-corrected chi connectivity index (χ0v) is 17.8. The van der Waals surface area contributed by atoms with Gasteiger partial charge in [0.15, 0.2) is 5.92 Å². The van der Waals surface area contributed by atoms with Crippen LogP contribution in [0.5, 0.6) is 0 Å². The van der Waals surface area contributed by atoms with E-state index in [9.17, 15) is 35.9 Å². The lowest BCUT2D eigenvalue weighted by molar-refractivity contribution is -0.253. The van der Waals surface area contributed by atoms with Gasteiger partial charge in [0, 0.05) is 0 Å². The summed E-state index contributed by atoms with van der Waals surface area (Å²) in [7, 11) is 0. The van der Waals surface area contributed by atoms with Gasteiger partial charge in [0.1, 0.15) is 12.7 Å². The molecule has 0 saturated carbocycles. The van der Waals surface area contributed by atoms with Crippen molar-refractivity contribution < 1.29 is 45.4 Å². The summed E-state index contributed by atoms with van der Waals surface area (Å²) >= 11 is 0. The Morgan fingerprint density at radius 1 is 1.06 bits per heavy atom. The Bertz CT molecular complexity index is 758. The van der Waals surface area contributed by atoms with E-state index in [0.717, 1.165) is 12.1 Å². The lowest BCUT2D eigenvalue weighted by Gasteiger charge is -2.24. The molecule has 0 N–H and O–H groups in total. The maximum atomic E-state index is 12.9. The van der Waals surface area contributed by atoms with Crippen LogP contribution in [0.4, 0.5) is 26.3 Å². The minimum atomic E-state index is -5.42. The van der Waals surface area contributed by atoms with Gasteiger partial charge in [0.2, 0.25) is 0 Å².